The molecule has 10 aromatic carbocycles. The molecule has 3 heteroatoms. The van der Waals surface area contributed by atoms with Crippen molar-refractivity contribution in [2.45, 2.75) is 0 Å². The highest BCUT2D eigenvalue weighted by atomic mass is 16.3. The predicted molar refractivity (Wildman–Crippen MR) is 257 cm³/mol. The standard InChI is InChI=1S/C58H38N2O/c1-2-16-41-37-43(32-31-39(41)15-1)42-17-13-18-45(38-42)59(54-27-9-6-22-49(54)51-24-14-25-52-50-23-7-12-30-57(50)61-58(51)52)44-35-33-40(34-36-44)46-19-3-8-26-53(46)60-55-28-10-4-20-47(55)48-21-5-11-29-56(48)60/h1-38H. The first-order valence-electron chi connectivity index (χ1n) is 20.8. The predicted octanol–water partition coefficient (Wildman–Crippen LogP) is 16.3. The van der Waals surface area contributed by atoms with Crippen LogP contribution in [0.4, 0.5) is 17.1 Å². The van der Waals surface area contributed by atoms with Crippen LogP contribution in [0.2, 0.25) is 0 Å². The molecule has 3 nitrogen and oxygen atoms in total. The summed E-state index contributed by atoms with van der Waals surface area (Å²) in [6.45, 7) is 0. The third-order valence-corrected chi connectivity index (χ3v) is 12.2. The summed E-state index contributed by atoms with van der Waals surface area (Å²) in [5.41, 5.74) is 15.3. The highest BCUT2D eigenvalue weighted by Crippen LogP contribution is 2.46. The molecule has 12 rings (SSSR count). The van der Waals surface area contributed by atoms with Gasteiger partial charge in [0.05, 0.1) is 22.4 Å². The average Bonchev–Trinajstić information content (AvgIpc) is 3.88. The van der Waals surface area contributed by atoms with Gasteiger partial charge < -0.3 is 13.9 Å². The summed E-state index contributed by atoms with van der Waals surface area (Å²) in [4.78, 5) is 2.39. The number of nitrogens with zero attached hydrogens (tertiary/aromatic N) is 2. The van der Waals surface area contributed by atoms with E-state index in [1.54, 1.807) is 0 Å². The molecular formula is C58H38N2O. The number of anilines is 3. The first-order chi connectivity index (χ1) is 30.3. The highest BCUT2D eigenvalue weighted by molar-refractivity contribution is 6.11. The summed E-state index contributed by atoms with van der Waals surface area (Å²) < 4.78 is 9.05. The minimum Gasteiger partial charge on any atom is -0.455 e. The normalized spacial score (nSPS) is 11.6. The molecule has 61 heavy (non-hydrogen) atoms. The number of para-hydroxylation sites is 6. The van der Waals surface area contributed by atoms with Gasteiger partial charge in [0.1, 0.15) is 11.2 Å². The van der Waals surface area contributed by atoms with Crippen molar-refractivity contribution in [2.24, 2.45) is 0 Å². The summed E-state index contributed by atoms with van der Waals surface area (Å²) in [6, 6.07) is 82.9. The molecular weight excluding hydrogens is 741 g/mol. The van der Waals surface area contributed by atoms with Gasteiger partial charge in [0, 0.05) is 49.6 Å². The number of benzene rings is 10. The van der Waals surface area contributed by atoms with Gasteiger partial charge in [-0.3, -0.25) is 0 Å². The number of aromatic nitrogens is 1. The number of hydrogen-bond donors (Lipinski definition) is 0. The van der Waals surface area contributed by atoms with E-state index in [1.165, 1.54) is 43.7 Å². The van der Waals surface area contributed by atoms with Crippen LogP contribution < -0.4 is 4.90 Å². The van der Waals surface area contributed by atoms with Crippen molar-refractivity contribution >= 4 is 71.6 Å². The lowest BCUT2D eigenvalue weighted by Crippen LogP contribution is -2.11. The number of rotatable bonds is 7. The molecule has 12 aromatic rings. The van der Waals surface area contributed by atoms with Crippen molar-refractivity contribution in [2.75, 3.05) is 4.90 Å². The Morgan fingerprint density at radius 3 is 1.75 bits per heavy atom. The number of furan rings is 1. The molecule has 0 N–H and O–H groups in total. The minimum atomic E-state index is 0.887. The summed E-state index contributed by atoms with van der Waals surface area (Å²) in [5.74, 6) is 0. The molecule has 0 spiro atoms. The van der Waals surface area contributed by atoms with Crippen molar-refractivity contribution in [1.82, 2.24) is 4.57 Å². The van der Waals surface area contributed by atoms with Gasteiger partial charge in [-0.1, -0.05) is 170 Å². The van der Waals surface area contributed by atoms with Crippen LogP contribution in [0.1, 0.15) is 0 Å². The Morgan fingerprint density at radius 2 is 0.934 bits per heavy atom. The maximum absolute atomic E-state index is 6.64. The van der Waals surface area contributed by atoms with E-state index < -0.39 is 0 Å². The first-order valence-corrected chi connectivity index (χ1v) is 20.8. The van der Waals surface area contributed by atoms with Crippen LogP contribution >= 0.6 is 0 Å². The summed E-state index contributed by atoms with van der Waals surface area (Å²) in [6.07, 6.45) is 0. The lowest BCUT2D eigenvalue weighted by Gasteiger charge is -2.28. The van der Waals surface area contributed by atoms with E-state index >= 15 is 0 Å². The largest absolute Gasteiger partial charge is 0.455 e. The molecule has 0 aliphatic rings. The fraction of sp³-hybridized carbons (Fsp3) is 0. The second-order valence-corrected chi connectivity index (χ2v) is 15.7. The molecule has 286 valence electrons. The van der Waals surface area contributed by atoms with Crippen LogP contribution in [0.15, 0.2) is 235 Å². The van der Waals surface area contributed by atoms with Crippen molar-refractivity contribution in [3.05, 3.63) is 231 Å². The lowest BCUT2D eigenvalue weighted by atomic mass is 9.97. The van der Waals surface area contributed by atoms with Gasteiger partial charge in [0.15, 0.2) is 0 Å². The van der Waals surface area contributed by atoms with E-state index in [1.807, 2.05) is 6.07 Å². The molecule has 0 saturated heterocycles. The Bertz CT molecular complexity index is 3560. The SMILES string of the molecule is c1cc(-c2ccc3ccccc3c2)cc(N(c2ccc(-c3ccccc3-n3c4ccccc4c4ccccc43)cc2)c2ccccc2-c2cccc3c2oc2ccccc23)c1. The number of fused-ring (bicyclic) bond motifs is 7. The van der Waals surface area contributed by atoms with Gasteiger partial charge in [-0.25, -0.2) is 0 Å². The Balaban J connectivity index is 1.03. The second-order valence-electron chi connectivity index (χ2n) is 15.7. The van der Waals surface area contributed by atoms with Crippen LogP contribution in [0.25, 0.3) is 93.6 Å². The van der Waals surface area contributed by atoms with Gasteiger partial charge in [-0.05, 0) is 88.1 Å². The summed E-state index contributed by atoms with van der Waals surface area (Å²) >= 11 is 0. The van der Waals surface area contributed by atoms with Crippen molar-refractivity contribution < 1.29 is 4.42 Å². The van der Waals surface area contributed by atoms with E-state index in [-0.39, 0.29) is 0 Å². The van der Waals surface area contributed by atoms with E-state index in [0.717, 1.165) is 66.9 Å². The van der Waals surface area contributed by atoms with Crippen molar-refractivity contribution in [3.8, 4) is 39.1 Å². The van der Waals surface area contributed by atoms with Gasteiger partial charge in [0.25, 0.3) is 0 Å². The van der Waals surface area contributed by atoms with E-state index in [9.17, 15) is 0 Å². The van der Waals surface area contributed by atoms with Gasteiger partial charge >= 0.3 is 0 Å². The zero-order chi connectivity index (χ0) is 40.3. The fourth-order valence-electron chi connectivity index (χ4n) is 9.36. The maximum Gasteiger partial charge on any atom is 0.143 e. The molecule has 0 aliphatic heterocycles. The zero-order valence-electron chi connectivity index (χ0n) is 33.2. The third kappa shape index (κ3) is 5.82. The summed E-state index contributed by atoms with van der Waals surface area (Å²) in [5, 5.41) is 7.19. The Hall–Kier alpha value is -8.14. The Morgan fingerprint density at radius 1 is 0.344 bits per heavy atom. The van der Waals surface area contributed by atoms with E-state index in [2.05, 4.69) is 234 Å². The van der Waals surface area contributed by atoms with E-state index in [4.69, 9.17) is 4.42 Å². The molecule has 0 fully saturated rings. The lowest BCUT2D eigenvalue weighted by molar-refractivity contribution is 0.670. The monoisotopic (exact) mass is 778 g/mol. The van der Waals surface area contributed by atoms with Crippen LogP contribution in [0.3, 0.4) is 0 Å². The van der Waals surface area contributed by atoms with E-state index in [0.29, 0.717) is 0 Å². The maximum atomic E-state index is 6.64. The number of hydrogen-bond acceptors (Lipinski definition) is 2. The third-order valence-electron chi connectivity index (χ3n) is 12.2. The van der Waals surface area contributed by atoms with Crippen LogP contribution in [-0.4, -0.2) is 4.57 Å². The highest BCUT2D eigenvalue weighted by Gasteiger charge is 2.22. The second kappa shape index (κ2) is 14.3. The van der Waals surface area contributed by atoms with Crippen molar-refractivity contribution in [3.63, 3.8) is 0 Å². The Kier molecular flexibility index (Phi) is 8.17. The molecule has 0 aliphatic carbocycles. The Labute approximate surface area is 353 Å². The van der Waals surface area contributed by atoms with Gasteiger partial charge in [-0.2, -0.15) is 0 Å². The van der Waals surface area contributed by atoms with Gasteiger partial charge in [-0.15, -0.1) is 0 Å². The average molecular weight is 779 g/mol. The molecule has 0 saturated carbocycles. The quantitative estimate of drug-likeness (QED) is 0.161. The molecule has 0 bridgehead atoms. The molecule has 2 aromatic heterocycles. The minimum absolute atomic E-state index is 0.887. The smallest absolute Gasteiger partial charge is 0.143 e. The zero-order valence-corrected chi connectivity index (χ0v) is 33.2. The molecule has 0 amide bonds. The molecule has 2 heterocycles. The summed E-state index contributed by atoms with van der Waals surface area (Å²) in [7, 11) is 0. The van der Waals surface area contributed by atoms with Crippen molar-refractivity contribution in [1.29, 1.82) is 0 Å². The van der Waals surface area contributed by atoms with Crippen LogP contribution in [-0.2, 0) is 0 Å². The molecule has 0 radical (unpaired) electrons. The van der Waals surface area contributed by atoms with Gasteiger partial charge in [0.2, 0.25) is 0 Å². The van der Waals surface area contributed by atoms with Crippen LogP contribution in [0, 0.1) is 0 Å². The first kappa shape index (κ1) is 34.9. The fourth-order valence-corrected chi connectivity index (χ4v) is 9.36. The topological polar surface area (TPSA) is 21.3 Å². The van der Waals surface area contributed by atoms with Crippen LogP contribution in [0.5, 0.6) is 0 Å². The molecule has 0 atom stereocenters. The molecule has 0 unspecified atom stereocenters.